The van der Waals surface area contributed by atoms with Gasteiger partial charge in [-0.2, -0.15) is 4.37 Å². The number of rotatable bonds is 5. The highest BCUT2D eigenvalue weighted by Crippen LogP contribution is 2.35. The highest BCUT2D eigenvalue weighted by atomic mass is 32.1. The van der Waals surface area contributed by atoms with Crippen molar-refractivity contribution >= 4 is 44.4 Å². The number of imidazole rings is 1. The van der Waals surface area contributed by atoms with Crippen LogP contribution in [0.25, 0.3) is 77.6 Å². The Labute approximate surface area is 263 Å². The van der Waals surface area contributed by atoms with Crippen molar-refractivity contribution in [3.8, 4) is 44.7 Å². The zero-order valence-electron chi connectivity index (χ0n) is 24.1. The molecule has 0 N–H and O–H groups in total. The fraction of sp³-hybridized carbons (Fsp3) is 0. The Bertz CT molecular complexity index is 2450. The first-order chi connectivity index (χ1) is 22.3. The van der Waals surface area contributed by atoms with Gasteiger partial charge in [0.1, 0.15) is 10.8 Å². The van der Waals surface area contributed by atoms with Gasteiger partial charge in [0.25, 0.3) is 0 Å². The molecule has 0 bridgehead atoms. The average Bonchev–Trinajstić information content (AvgIpc) is 3.84. The van der Waals surface area contributed by atoms with E-state index < -0.39 is 0 Å². The first-order valence-electron chi connectivity index (χ1n) is 14.9. The third-order valence-corrected chi connectivity index (χ3v) is 9.08. The van der Waals surface area contributed by atoms with Crippen molar-refractivity contribution in [2.24, 2.45) is 0 Å². The van der Waals surface area contributed by atoms with Crippen molar-refractivity contribution in [3.63, 3.8) is 0 Å². The molecule has 9 rings (SSSR count). The van der Waals surface area contributed by atoms with E-state index in [0.717, 1.165) is 55.8 Å². The van der Waals surface area contributed by atoms with E-state index >= 15 is 0 Å². The molecule has 0 unspecified atom stereocenters. The summed E-state index contributed by atoms with van der Waals surface area (Å²) in [6.45, 7) is 0. The highest BCUT2D eigenvalue weighted by Gasteiger charge is 2.17. The lowest BCUT2D eigenvalue weighted by molar-refractivity contribution is 1.10. The van der Waals surface area contributed by atoms with E-state index in [2.05, 4.69) is 149 Å². The monoisotopic (exact) mass is 595 g/mol. The Morgan fingerprint density at radius 3 is 1.87 bits per heavy atom. The number of aromatic nitrogens is 5. The predicted molar refractivity (Wildman–Crippen MR) is 185 cm³/mol. The van der Waals surface area contributed by atoms with Gasteiger partial charge in [-0.25, -0.2) is 9.97 Å². The molecule has 6 heteroatoms. The van der Waals surface area contributed by atoms with Crippen LogP contribution in [-0.4, -0.2) is 23.5 Å². The van der Waals surface area contributed by atoms with E-state index in [1.165, 1.54) is 33.3 Å². The van der Waals surface area contributed by atoms with Crippen LogP contribution in [0.2, 0.25) is 0 Å². The summed E-state index contributed by atoms with van der Waals surface area (Å²) in [5.41, 5.74) is 9.59. The number of nitrogens with zero attached hydrogens (tertiary/aromatic N) is 5. The maximum Gasteiger partial charge on any atom is 0.173 e. The second-order valence-electron chi connectivity index (χ2n) is 11.0. The van der Waals surface area contributed by atoms with Gasteiger partial charge in [-0.15, -0.1) is 0 Å². The minimum absolute atomic E-state index is 0.722. The highest BCUT2D eigenvalue weighted by molar-refractivity contribution is 7.09. The molecule has 0 aliphatic rings. The summed E-state index contributed by atoms with van der Waals surface area (Å²) in [6, 6.07) is 52.7. The molecule has 0 fully saturated rings. The minimum Gasteiger partial charge on any atom is -0.309 e. The molecule has 0 radical (unpaired) electrons. The lowest BCUT2D eigenvalue weighted by atomic mass is 10.1. The Kier molecular flexibility index (Phi) is 5.92. The molecular weight excluding hydrogens is 571 g/mol. The second kappa shape index (κ2) is 10.4. The molecule has 0 atom stereocenters. The second-order valence-corrected chi connectivity index (χ2v) is 11.8. The van der Waals surface area contributed by atoms with Gasteiger partial charge in [-0.1, -0.05) is 97.1 Å². The Hall–Kier alpha value is -5.85. The molecule has 0 saturated carbocycles. The molecule has 9 aromatic rings. The normalized spacial score (nSPS) is 11.6. The molecule has 0 aliphatic carbocycles. The first-order valence-corrected chi connectivity index (χ1v) is 15.7. The van der Waals surface area contributed by atoms with Gasteiger partial charge < -0.3 is 4.57 Å². The molecular formula is C39H25N5S. The zero-order valence-corrected chi connectivity index (χ0v) is 24.9. The van der Waals surface area contributed by atoms with Crippen LogP contribution in [0.3, 0.4) is 0 Å². The summed E-state index contributed by atoms with van der Waals surface area (Å²) in [6.07, 6.45) is 0. The minimum atomic E-state index is 0.722. The molecule has 5 nitrogen and oxygen atoms in total. The topological polar surface area (TPSA) is 48.5 Å². The maximum atomic E-state index is 5.05. The van der Waals surface area contributed by atoms with Crippen LogP contribution in [0.1, 0.15) is 0 Å². The zero-order chi connectivity index (χ0) is 29.7. The molecule has 212 valence electrons. The van der Waals surface area contributed by atoms with E-state index in [9.17, 15) is 0 Å². The van der Waals surface area contributed by atoms with Crippen LogP contribution in [0, 0.1) is 0 Å². The number of hydrogen-bond donors (Lipinski definition) is 0. The third kappa shape index (κ3) is 4.26. The van der Waals surface area contributed by atoms with E-state index in [-0.39, 0.29) is 0 Å². The van der Waals surface area contributed by atoms with Crippen molar-refractivity contribution in [1.82, 2.24) is 23.5 Å². The molecule has 45 heavy (non-hydrogen) atoms. The number of para-hydroxylation sites is 5. The Morgan fingerprint density at radius 1 is 0.444 bits per heavy atom. The van der Waals surface area contributed by atoms with E-state index in [0.29, 0.717) is 0 Å². The van der Waals surface area contributed by atoms with Gasteiger partial charge in [0.2, 0.25) is 0 Å². The maximum absolute atomic E-state index is 5.05. The van der Waals surface area contributed by atoms with Crippen LogP contribution < -0.4 is 0 Å². The van der Waals surface area contributed by atoms with E-state index in [1.54, 1.807) is 0 Å². The van der Waals surface area contributed by atoms with Gasteiger partial charge in [0.15, 0.2) is 5.82 Å². The van der Waals surface area contributed by atoms with Crippen LogP contribution in [0.5, 0.6) is 0 Å². The predicted octanol–water partition coefficient (Wildman–Crippen LogP) is 9.98. The summed E-state index contributed by atoms with van der Waals surface area (Å²) >= 11 is 1.42. The Morgan fingerprint density at radius 2 is 1.07 bits per heavy atom. The summed E-state index contributed by atoms with van der Waals surface area (Å²) in [4.78, 5) is 10.1. The van der Waals surface area contributed by atoms with Gasteiger partial charge in [0, 0.05) is 38.8 Å². The van der Waals surface area contributed by atoms with Gasteiger partial charge in [-0.05, 0) is 66.1 Å². The quantitative estimate of drug-likeness (QED) is 0.199. The first kappa shape index (κ1) is 25.6. The average molecular weight is 596 g/mol. The molecule has 3 heterocycles. The SMILES string of the molecule is c1ccc(-n2c(-c3cccc(-c4nc(-c5cccc(-n6c7ccccc7c7ccccc76)c5)ns4)c3)nc3ccccc32)cc1. The van der Waals surface area contributed by atoms with Crippen molar-refractivity contribution in [1.29, 1.82) is 0 Å². The molecule has 6 aromatic carbocycles. The fourth-order valence-corrected chi connectivity index (χ4v) is 6.97. The van der Waals surface area contributed by atoms with E-state index in [1.807, 2.05) is 12.1 Å². The van der Waals surface area contributed by atoms with Gasteiger partial charge >= 0.3 is 0 Å². The van der Waals surface area contributed by atoms with Crippen LogP contribution in [0.4, 0.5) is 0 Å². The van der Waals surface area contributed by atoms with Crippen molar-refractivity contribution in [2.45, 2.75) is 0 Å². The lowest BCUT2D eigenvalue weighted by Crippen LogP contribution is -1.97. The number of hydrogen-bond acceptors (Lipinski definition) is 4. The summed E-state index contributed by atoms with van der Waals surface area (Å²) in [5, 5.41) is 3.36. The summed E-state index contributed by atoms with van der Waals surface area (Å²) in [7, 11) is 0. The van der Waals surface area contributed by atoms with Crippen molar-refractivity contribution in [3.05, 3.63) is 152 Å². The van der Waals surface area contributed by atoms with Gasteiger partial charge in [0.05, 0.1) is 22.1 Å². The summed E-state index contributed by atoms with van der Waals surface area (Å²) in [5.74, 6) is 1.62. The number of fused-ring (bicyclic) bond motifs is 4. The van der Waals surface area contributed by atoms with Crippen molar-refractivity contribution in [2.75, 3.05) is 0 Å². The third-order valence-electron chi connectivity index (χ3n) is 8.31. The van der Waals surface area contributed by atoms with Crippen LogP contribution in [0.15, 0.2) is 152 Å². The molecule has 0 saturated heterocycles. The molecule has 0 aliphatic heterocycles. The van der Waals surface area contributed by atoms with E-state index in [4.69, 9.17) is 14.3 Å². The Balaban J connectivity index is 1.11. The molecule has 0 spiro atoms. The fourth-order valence-electron chi connectivity index (χ4n) is 6.29. The van der Waals surface area contributed by atoms with Crippen molar-refractivity contribution < 1.29 is 0 Å². The van der Waals surface area contributed by atoms with Gasteiger partial charge in [-0.3, -0.25) is 4.57 Å². The molecule has 3 aromatic heterocycles. The number of benzene rings is 6. The standard InChI is InChI=1S/C39H25N5S/c1-2-15-29(16-3-1)44-36-23-9-6-20-33(36)40-38(44)27-13-10-14-28(24-27)39-41-37(42-45-39)26-12-11-17-30(25-26)43-34-21-7-4-18-31(34)32-19-5-8-22-35(32)43/h1-25H. The van der Waals surface area contributed by atoms with Crippen LogP contribution in [-0.2, 0) is 0 Å². The largest absolute Gasteiger partial charge is 0.309 e. The summed E-state index contributed by atoms with van der Waals surface area (Å²) < 4.78 is 9.36. The smallest absolute Gasteiger partial charge is 0.173 e. The van der Waals surface area contributed by atoms with Crippen LogP contribution >= 0.6 is 11.5 Å². The molecule has 0 amide bonds. The lowest BCUT2D eigenvalue weighted by Gasteiger charge is -2.10.